The van der Waals surface area contributed by atoms with Gasteiger partial charge in [0.25, 0.3) is 0 Å². The molecule has 0 bridgehead atoms. The molecule has 0 aliphatic carbocycles. The second-order valence-corrected chi connectivity index (χ2v) is 3.62. The highest BCUT2D eigenvalue weighted by Gasteiger charge is 2.36. The van der Waals surface area contributed by atoms with Gasteiger partial charge in [-0.05, 0) is 24.8 Å². The first-order chi connectivity index (χ1) is 5.91. The third-order valence-corrected chi connectivity index (χ3v) is 2.58. The molecule has 0 amide bonds. The summed E-state index contributed by atoms with van der Waals surface area (Å²) in [5.41, 5.74) is 1.41. The molecular formula is C8H10F3NS. The highest BCUT2D eigenvalue weighted by atomic mass is 32.1. The minimum atomic E-state index is -4.19. The Morgan fingerprint density at radius 1 is 1.38 bits per heavy atom. The van der Waals surface area contributed by atoms with Gasteiger partial charge in [0.2, 0.25) is 0 Å². The minimum Gasteiger partial charge on any atom is -0.373 e. The van der Waals surface area contributed by atoms with Crippen LogP contribution in [-0.2, 0) is 0 Å². The van der Waals surface area contributed by atoms with Gasteiger partial charge in [0.1, 0.15) is 6.04 Å². The maximum atomic E-state index is 12.1. The van der Waals surface area contributed by atoms with Gasteiger partial charge in [0.15, 0.2) is 0 Å². The number of alkyl halides is 3. The maximum absolute atomic E-state index is 12.1. The molecule has 1 aromatic heterocycles. The van der Waals surface area contributed by atoms with Gasteiger partial charge in [0.05, 0.1) is 0 Å². The highest BCUT2D eigenvalue weighted by molar-refractivity contribution is 7.08. The number of anilines is 1. The van der Waals surface area contributed by atoms with Gasteiger partial charge in [0, 0.05) is 11.1 Å². The van der Waals surface area contributed by atoms with Gasteiger partial charge in [-0.1, -0.05) is 0 Å². The van der Waals surface area contributed by atoms with Crippen molar-refractivity contribution in [3.63, 3.8) is 0 Å². The summed E-state index contributed by atoms with van der Waals surface area (Å²) >= 11 is 1.39. The Hall–Kier alpha value is -0.710. The number of thiophene rings is 1. The predicted octanol–water partition coefficient (Wildman–Crippen LogP) is 3.42. The average Bonchev–Trinajstić information content (AvgIpc) is 2.34. The average molecular weight is 209 g/mol. The molecule has 1 N–H and O–H groups in total. The van der Waals surface area contributed by atoms with Crippen LogP contribution in [0.4, 0.5) is 18.9 Å². The van der Waals surface area contributed by atoms with E-state index in [-0.39, 0.29) is 0 Å². The molecule has 0 fully saturated rings. The molecule has 0 aliphatic rings. The van der Waals surface area contributed by atoms with Crippen LogP contribution in [0.2, 0.25) is 0 Å². The first kappa shape index (κ1) is 10.4. The van der Waals surface area contributed by atoms with Crippen molar-refractivity contribution in [2.45, 2.75) is 26.1 Å². The summed E-state index contributed by atoms with van der Waals surface area (Å²) in [6, 6.07) is -1.50. The summed E-state index contributed by atoms with van der Waals surface area (Å²) < 4.78 is 36.3. The molecule has 13 heavy (non-hydrogen) atoms. The van der Waals surface area contributed by atoms with E-state index in [1.165, 1.54) is 11.3 Å². The lowest BCUT2D eigenvalue weighted by molar-refractivity contribution is -0.138. The molecule has 1 heterocycles. The number of hydrogen-bond donors (Lipinski definition) is 1. The van der Waals surface area contributed by atoms with Gasteiger partial charge in [-0.2, -0.15) is 13.2 Å². The standard InChI is InChI=1S/C8H10F3NS/c1-5-3-13-4-7(5)12-6(2)8(9,10)11/h3-4,6,12H,1-2H3. The Morgan fingerprint density at radius 2 is 2.00 bits per heavy atom. The SMILES string of the molecule is Cc1cscc1NC(C)C(F)(F)F. The van der Waals surface area contributed by atoms with Crippen molar-refractivity contribution >= 4 is 17.0 Å². The molecule has 0 spiro atoms. The lowest BCUT2D eigenvalue weighted by Gasteiger charge is -2.17. The molecule has 0 saturated heterocycles. The van der Waals surface area contributed by atoms with Crippen LogP contribution in [0.1, 0.15) is 12.5 Å². The van der Waals surface area contributed by atoms with E-state index in [9.17, 15) is 13.2 Å². The Bertz CT molecular complexity index is 279. The normalized spacial score (nSPS) is 14.2. The topological polar surface area (TPSA) is 12.0 Å². The fourth-order valence-electron chi connectivity index (χ4n) is 0.823. The number of aryl methyl sites for hydroxylation is 1. The zero-order valence-corrected chi connectivity index (χ0v) is 8.09. The third kappa shape index (κ3) is 2.62. The summed E-state index contributed by atoms with van der Waals surface area (Å²) in [4.78, 5) is 0. The smallest absolute Gasteiger partial charge is 0.373 e. The molecular weight excluding hydrogens is 199 g/mol. The summed E-state index contributed by atoms with van der Waals surface area (Å²) in [7, 11) is 0. The Morgan fingerprint density at radius 3 is 2.38 bits per heavy atom. The number of hydrogen-bond acceptors (Lipinski definition) is 2. The van der Waals surface area contributed by atoms with Crippen LogP contribution < -0.4 is 5.32 Å². The summed E-state index contributed by atoms with van der Waals surface area (Å²) in [5, 5.41) is 5.90. The zero-order chi connectivity index (χ0) is 10.1. The van der Waals surface area contributed by atoms with Crippen molar-refractivity contribution in [3.05, 3.63) is 16.3 Å². The molecule has 74 valence electrons. The lowest BCUT2D eigenvalue weighted by atomic mass is 10.2. The van der Waals surface area contributed by atoms with Crippen LogP contribution in [0.3, 0.4) is 0 Å². The van der Waals surface area contributed by atoms with Gasteiger partial charge in [-0.15, -0.1) is 11.3 Å². The van der Waals surface area contributed by atoms with Crippen LogP contribution in [0.25, 0.3) is 0 Å². The van der Waals surface area contributed by atoms with Gasteiger partial charge < -0.3 is 5.32 Å². The van der Waals surface area contributed by atoms with Crippen molar-refractivity contribution in [2.75, 3.05) is 5.32 Å². The minimum absolute atomic E-state index is 0.565. The largest absolute Gasteiger partial charge is 0.408 e. The van der Waals surface area contributed by atoms with Crippen molar-refractivity contribution in [1.29, 1.82) is 0 Å². The van der Waals surface area contributed by atoms with Gasteiger partial charge >= 0.3 is 6.18 Å². The van der Waals surface area contributed by atoms with E-state index in [1.54, 1.807) is 12.3 Å². The van der Waals surface area contributed by atoms with E-state index < -0.39 is 12.2 Å². The first-order valence-electron chi connectivity index (χ1n) is 3.77. The number of nitrogens with one attached hydrogen (secondary N) is 1. The van der Waals surface area contributed by atoms with Crippen molar-refractivity contribution in [1.82, 2.24) is 0 Å². The van der Waals surface area contributed by atoms with Crippen LogP contribution in [-0.4, -0.2) is 12.2 Å². The van der Waals surface area contributed by atoms with E-state index in [2.05, 4.69) is 5.32 Å². The quantitative estimate of drug-likeness (QED) is 0.787. The molecule has 0 radical (unpaired) electrons. The number of rotatable bonds is 2. The zero-order valence-electron chi connectivity index (χ0n) is 7.27. The Balaban J connectivity index is 2.65. The molecule has 1 unspecified atom stereocenters. The molecule has 0 aliphatic heterocycles. The molecule has 1 atom stereocenters. The lowest BCUT2D eigenvalue weighted by Crippen LogP contribution is -2.33. The molecule has 1 rings (SSSR count). The predicted molar refractivity (Wildman–Crippen MR) is 48.2 cm³/mol. The van der Waals surface area contributed by atoms with Crippen molar-refractivity contribution < 1.29 is 13.2 Å². The van der Waals surface area contributed by atoms with Crippen LogP contribution in [0, 0.1) is 6.92 Å². The highest BCUT2D eigenvalue weighted by Crippen LogP contribution is 2.26. The van der Waals surface area contributed by atoms with E-state index in [0.29, 0.717) is 5.69 Å². The summed E-state index contributed by atoms with van der Waals surface area (Å²) in [6.07, 6.45) is -4.19. The van der Waals surface area contributed by atoms with Crippen LogP contribution in [0.5, 0.6) is 0 Å². The second kappa shape index (κ2) is 3.57. The molecule has 1 nitrogen and oxygen atoms in total. The first-order valence-corrected chi connectivity index (χ1v) is 4.71. The van der Waals surface area contributed by atoms with Crippen molar-refractivity contribution in [3.8, 4) is 0 Å². The van der Waals surface area contributed by atoms with E-state index in [4.69, 9.17) is 0 Å². The van der Waals surface area contributed by atoms with E-state index >= 15 is 0 Å². The van der Waals surface area contributed by atoms with Crippen molar-refractivity contribution in [2.24, 2.45) is 0 Å². The fourth-order valence-corrected chi connectivity index (χ4v) is 1.61. The van der Waals surface area contributed by atoms with Gasteiger partial charge in [-0.25, -0.2) is 0 Å². The third-order valence-electron chi connectivity index (χ3n) is 1.72. The second-order valence-electron chi connectivity index (χ2n) is 2.88. The maximum Gasteiger partial charge on any atom is 0.408 e. The summed E-state index contributed by atoms with van der Waals surface area (Å²) in [6.45, 7) is 2.89. The summed E-state index contributed by atoms with van der Waals surface area (Å²) in [5.74, 6) is 0. The molecule has 0 saturated carbocycles. The Kier molecular flexibility index (Phi) is 2.85. The van der Waals surface area contributed by atoms with Crippen LogP contribution in [0.15, 0.2) is 10.8 Å². The Labute approximate surface area is 78.6 Å². The van der Waals surface area contributed by atoms with E-state index in [0.717, 1.165) is 12.5 Å². The molecule has 1 aromatic rings. The number of halogens is 3. The fraction of sp³-hybridized carbons (Fsp3) is 0.500. The van der Waals surface area contributed by atoms with Crippen LogP contribution >= 0.6 is 11.3 Å². The molecule has 5 heteroatoms. The molecule has 0 aromatic carbocycles. The monoisotopic (exact) mass is 209 g/mol. The van der Waals surface area contributed by atoms with E-state index in [1.807, 2.05) is 5.38 Å². The van der Waals surface area contributed by atoms with Gasteiger partial charge in [-0.3, -0.25) is 0 Å².